The Morgan fingerprint density at radius 2 is 1.39 bits per heavy atom. The second-order valence-corrected chi connectivity index (χ2v) is 6.08. The van der Waals surface area contributed by atoms with Crippen LogP contribution >= 0.6 is 0 Å². The molecule has 0 atom stereocenters. The van der Waals surface area contributed by atoms with Crippen molar-refractivity contribution in [3.8, 4) is 0 Å². The number of ether oxygens (including phenoxy) is 1. The van der Waals surface area contributed by atoms with Crippen LogP contribution in [0, 0.1) is 0 Å². The van der Waals surface area contributed by atoms with Gasteiger partial charge in [-0.1, -0.05) is 0 Å². The predicted molar refractivity (Wildman–Crippen MR) is 88.2 cm³/mol. The molecule has 2 fully saturated rings. The summed E-state index contributed by atoms with van der Waals surface area (Å²) in [6.07, 6.45) is 3.00. The fourth-order valence-corrected chi connectivity index (χ4v) is 3.40. The summed E-state index contributed by atoms with van der Waals surface area (Å²) in [5, 5.41) is 0. The molecule has 1 amide bonds. The molecule has 2 heterocycles. The first-order valence-corrected chi connectivity index (χ1v) is 8.38. The first-order chi connectivity index (χ1) is 11.1. The SMILES string of the molecule is CCOC(=O)N1CCN(c2c(N3CCCCC3)c(=O)c2=O)CC1. The van der Waals surface area contributed by atoms with Gasteiger partial charge in [-0.25, -0.2) is 4.79 Å². The topological polar surface area (TPSA) is 70.2 Å². The highest BCUT2D eigenvalue weighted by Gasteiger charge is 2.32. The molecule has 0 bridgehead atoms. The maximum atomic E-state index is 12.1. The lowest BCUT2D eigenvalue weighted by Crippen LogP contribution is -2.54. The first-order valence-electron chi connectivity index (χ1n) is 8.38. The second-order valence-electron chi connectivity index (χ2n) is 6.08. The third kappa shape index (κ3) is 2.92. The van der Waals surface area contributed by atoms with E-state index in [1.54, 1.807) is 11.8 Å². The Hall–Kier alpha value is -2.05. The third-order valence-corrected chi connectivity index (χ3v) is 4.65. The number of amides is 1. The average Bonchev–Trinajstić information content (AvgIpc) is 2.60. The Bertz CT molecular complexity index is 636. The summed E-state index contributed by atoms with van der Waals surface area (Å²) in [4.78, 5) is 41.4. The van der Waals surface area contributed by atoms with E-state index in [2.05, 4.69) is 4.90 Å². The second kappa shape index (κ2) is 6.60. The predicted octanol–water partition coefficient (Wildman–Crippen LogP) is 0.551. The van der Waals surface area contributed by atoms with Gasteiger partial charge in [0.05, 0.1) is 6.61 Å². The standard InChI is InChI=1S/C16H23N3O4/c1-2-23-16(22)19-10-8-18(9-11-19)13-12(14(20)15(13)21)17-6-4-3-5-7-17/h2-11H2,1H3. The number of hydrogen-bond acceptors (Lipinski definition) is 6. The van der Waals surface area contributed by atoms with Crippen molar-refractivity contribution in [2.45, 2.75) is 26.2 Å². The lowest BCUT2D eigenvalue weighted by atomic mass is 10.1. The Balaban J connectivity index is 1.69. The number of nitrogens with zero attached hydrogens (tertiary/aromatic N) is 3. The Kier molecular flexibility index (Phi) is 4.54. The van der Waals surface area contributed by atoms with E-state index in [0.717, 1.165) is 25.9 Å². The van der Waals surface area contributed by atoms with E-state index in [9.17, 15) is 14.4 Å². The van der Waals surface area contributed by atoms with Crippen molar-refractivity contribution >= 4 is 17.5 Å². The minimum atomic E-state index is -0.379. The Morgan fingerprint density at radius 1 is 0.870 bits per heavy atom. The molecule has 2 saturated heterocycles. The van der Waals surface area contributed by atoms with E-state index in [4.69, 9.17) is 4.74 Å². The van der Waals surface area contributed by atoms with Crippen molar-refractivity contribution in [3.05, 3.63) is 20.4 Å². The van der Waals surface area contributed by atoms with Gasteiger partial charge in [-0.3, -0.25) is 9.59 Å². The van der Waals surface area contributed by atoms with Crippen LogP contribution in [0.25, 0.3) is 0 Å². The van der Waals surface area contributed by atoms with Gasteiger partial charge in [0.15, 0.2) is 0 Å². The van der Waals surface area contributed by atoms with Crippen LogP contribution in [-0.4, -0.2) is 56.9 Å². The summed E-state index contributed by atoms with van der Waals surface area (Å²) in [6, 6.07) is 0. The molecule has 0 aliphatic carbocycles. The maximum absolute atomic E-state index is 12.1. The molecule has 23 heavy (non-hydrogen) atoms. The Labute approximate surface area is 135 Å². The Morgan fingerprint density at radius 3 is 1.91 bits per heavy atom. The highest BCUT2D eigenvalue weighted by molar-refractivity contribution is 5.77. The zero-order valence-electron chi connectivity index (χ0n) is 13.5. The number of piperidine rings is 1. The van der Waals surface area contributed by atoms with Gasteiger partial charge in [-0.15, -0.1) is 0 Å². The van der Waals surface area contributed by atoms with Crippen LogP contribution in [0.4, 0.5) is 16.2 Å². The van der Waals surface area contributed by atoms with Gasteiger partial charge in [0, 0.05) is 39.3 Å². The van der Waals surface area contributed by atoms with Crippen LogP contribution in [-0.2, 0) is 4.74 Å². The van der Waals surface area contributed by atoms with E-state index in [0.29, 0.717) is 44.2 Å². The highest BCUT2D eigenvalue weighted by atomic mass is 16.6. The number of carbonyl (C=O) groups excluding carboxylic acids is 1. The van der Waals surface area contributed by atoms with Crippen LogP contribution in [0.2, 0.25) is 0 Å². The van der Waals surface area contributed by atoms with Gasteiger partial charge in [-0.05, 0) is 26.2 Å². The van der Waals surface area contributed by atoms with Crippen molar-refractivity contribution in [2.24, 2.45) is 0 Å². The summed E-state index contributed by atoms with van der Waals surface area (Å²) in [5.74, 6) is 0. The minimum Gasteiger partial charge on any atom is -0.450 e. The molecular formula is C16H23N3O4. The third-order valence-electron chi connectivity index (χ3n) is 4.65. The van der Waals surface area contributed by atoms with Crippen LogP contribution in [0.5, 0.6) is 0 Å². The van der Waals surface area contributed by atoms with Crippen molar-refractivity contribution < 1.29 is 9.53 Å². The largest absolute Gasteiger partial charge is 0.450 e. The monoisotopic (exact) mass is 321 g/mol. The molecule has 0 saturated carbocycles. The zero-order chi connectivity index (χ0) is 16.4. The van der Waals surface area contributed by atoms with Gasteiger partial charge in [0.2, 0.25) is 0 Å². The van der Waals surface area contributed by atoms with Crippen molar-refractivity contribution in [1.82, 2.24) is 4.90 Å². The minimum absolute atomic E-state index is 0.312. The molecule has 7 heteroatoms. The fourth-order valence-electron chi connectivity index (χ4n) is 3.40. The van der Waals surface area contributed by atoms with Gasteiger partial charge in [-0.2, -0.15) is 0 Å². The quantitative estimate of drug-likeness (QED) is 0.757. The number of hydrogen-bond donors (Lipinski definition) is 0. The highest BCUT2D eigenvalue weighted by Crippen LogP contribution is 2.27. The molecule has 7 nitrogen and oxygen atoms in total. The lowest BCUT2D eigenvalue weighted by Gasteiger charge is -2.39. The number of rotatable bonds is 3. The van der Waals surface area contributed by atoms with Crippen LogP contribution < -0.4 is 20.7 Å². The first kappa shape index (κ1) is 15.8. The molecular weight excluding hydrogens is 298 g/mol. The summed E-state index contributed by atoms with van der Waals surface area (Å²) < 4.78 is 5.00. The summed E-state index contributed by atoms with van der Waals surface area (Å²) in [5.41, 5.74) is 0.421. The molecule has 3 rings (SSSR count). The molecule has 0 N–H and O–H groups in total. The van der Waals surface area contributed by atoms with E-state index in [-0.39, 0.29) is 17.0 Å². The summed E-state index contributed by atoms with van der Waals surface area (Å²) in [7, 11) is 0. The van der Waals surface area contributed by atoms with Gasteiger partial charge < -0.3 is 19.4 Å². The normalized spacial score (nSPS) is 19.3. The van der Waals surface area contributed by atoms with E-state index in [1.165, 1.54) is 6.42 Å². The van der Waals surface area contributed by atoms with Gasteiger partial charge in [0.25, 0.3) is 10.9 Å². The van der Waals surface area contributed by atoms with Crippen LogP contribution in [0.3, 0.4) is 0 Å². The maximum Gasteiger partial charge on any atom is 0.409 e. The molecule has 1 aromatic carbocycles. The molecule has 126 valence electrons. The molecule has 0 aromatic heterocycles. The fraction of sp³-hybridized carbons (Fsp3) is 0.688. The molecule has 0 radical (unpaired) electrons. The number of piperazine rings is 1. The molecule has 0 unspecified atom stereocenters. The van der Waals surface area contributed by atoms with Gasteiger partial charge >= 0.3 is 6.09 Å². The van der Waals surface area contributed by atoms with Crippen molar-refractivity contribution in [2.75, 3.05) is 55.7 Å². The van der Waals surface area contributed by atoms with Crippen LogP contribution in [0.15, 0.2) is 9.59 Å². The summed E-state index contributed by atoms with van der Waals surface area (Å²) in [6.45, 7) is 5.98. The molecule has 0 spiro atoms. The van der Waals surface area contributed by atoms with Crippen molar-refractivity contribution in [1.29, 1.82) is 0 Å². The van der Waals surface area contributed by atoms with E-state index >= 15 is 0 Å². The van der Waals surface area contributed by atoms with Gasteiger partial charge in [0.1, 0.15) is 11.4 Å². The summed E-state index contributed by atoms with van der Waals surface area (Å²) >= 11 is 0. The van der Waals surface area contributed by atoms with Crippen molar-refractivity contribution in [3.63, 3.8) is 0 Å². The molecule has 2 aliphatic rings. The van der Waals surface area contributed by atoms with E-state index in [1.807, 2.05) is 4.90 Å². The lowest BCUT2D eigenvalue weighted by molar-refractivity contribution is 0.105. The molecule has 1 aromatic rings. The van der Waals surface area contributed by atoms with E-state index < -0.39 is 0 Å². The van der Waals surface area contributed by atoms with Crippen LogP contribution in [0.1, 0.15) is 26.2 Å². The average molecular weight is 321 g/mol. The zero-order valence-corrected chi connectivity index (χ0v) is 13.5. The smallest absolute Gasteiger partial charge is 0.409 e. The molecule has 2 aliphatic heterocycles. The number of anilines is 2. The number of carbonyl (C=O) groups is 1.